The van der Waals surface area contributed by atoms with Gasteiger partial charge in [-0.2, -0.15) is 18.2 Å². The van der Waals surface area contributed by atoms with Crippen LogP contribution in [0.15, 0.2) is 29.0 Å². The zero-order chi connectivity index (χ0) is 14.1. The van der Waals surface area contributed by atoms with Crippen LogP contribution in [0.4, 0.5) is 13.2 Å². The van der Waals surface area contributed by atoms with E-state index in [1.165, 1.54) is 0 Å². The number of alkyl halides is 3. The topological polar surface area (TPSA) is 77.8 Å². The fraction of sp³-hybridized carbons (Fsp3) is 0.364. The maximum Gasteiger partial charge on any atom is 0.415 e. The highest BCUT2D eigenvalue weighted by Crippen LogP contribution is 2.35. The first kappa shape index (κ1) is 13.5. The van der Waals surface area contributed by atoms with E-state index in [0.717, 1.165) is 12.5 Å². The summed E-state index contributed by atoms with van der Waals surface area (Å²) in [6, 6.07) is 3.47. The summed E-state index contributed by atoms with van der Waals surface area (Å²) >= 11 is 0. The molecular formula is C11H11F3N4O. The molecule has 0 aliphatic heterocycles. The Balaban J connectivity index is 2.20. The molecule has 0 spiro atoms. The Morgan fingerprint density at radius 3 is 2.68 bits per heavy atom. The second-order valence-corrected chi connectivity index (χ2v) is 4.25. The Hall–Kier alpha value is -1.96. The van der Waals surface area contributed by atoms with Crippen LogP contribution in [0.2, 0.25) is 0 Å². The van der Waals surface area contributed by atoms with Crippen LogP contribution in [0.25, 0.3) is 0 Å². The van der Waals surface area contributed by atoms with Gasteiger partial charge in [0.2, 0.25) is 0 Å². The monoisotopic (exact) mass is 272 g/mol. The van der Waals surface area contributed by atoms with Crippen molar-refractivity contribution >= 4 is 0 Å². The molecule has 2 heterocycles. The Morgan fingerprint density at radius 1 is 1.37 bits per heavy atom. The second-order valence-electron chi connectivity index (χ2n) is 4.25. The first-order chi connectivity index (χ1) is 8.80. The van der Waals surface area contributed by atoms with Gasteiger partial charge in [-0.05, 0) is 18.6 Å². The zero-order valence-electron chi connectivity index (χ0n) is 9.98. The standard InChI is InChI=1S/C11H11F3N4O/c1-10(15,11(12,13)14)9-17-8(18-19-9)5-7-3-2-4-16-6-7/h2-4,6H,5,15H2,1H3. The summed E-state index contributed by atoms with van der Waals surface area (Å²) < 4.78 is 42.7. The van der Waals surface area contributed by atoms with Gasteiger partial charge in [0.25, 0.3) is 5.89 Å². The molecule has 0 radical (unpaired) electrons. The Morgan fingerprint density at radius 2 is 2.11 bits per heavy atom. The molecule has 2 N–H and O–H groups in total. The molecule has 8 heteroatoms. The fourth-order valence-electron chi connectivity index (χ4n) is 1.34. The molecule has 0 saturated heterocycles. The van der Waals surface area contributed by atoms with E-state index in [0.29, 0.717) is 0 Å². The molecule has 102 valence electrons. The van der Waals surface area contributed by atoms with E-state index < -0.39 is 17.6 Å². The fourth-order valence-corrected chi connectivity index (χ4v) is 1.34. The van der Waals surface area contributed by atoms with E-state index in [2.05, 4.69) is 19.6 Å². The van der Waals surface area contributed by atoms with Gasteiger partial charge in [0.1, 0.15) is 0 Å². The Bertz CT molecular complexity index is 551. The summed E-state index contributed by atoms with van der Waals surface area (Å²) in [5.41, 5.74) is 3.29. The van der Waals surface area contributed by atoms with Crippen LogP contribution in [0, 0.1) is 0 Å². The molecule has 5 nitrogen and oxygen atoms in total. The summed E-state index contributed by atoms with van der Waals surface area (Å²) in [7, 11) is 0. The van der Waals surface area contributed by atoms with E-state index in [-0.39, 0.29) is 12.2 Å². The van der Waals surface area contributed by atoms with Gasteiger partial charge < -0.3 is 10.3 Å². The number of rotatable bonds is 3. The minimum atomic E-state index is -4.66. The normalized spacial score (nSPS) is 15.2. The molecule has 0 aromatic carbocycles. The van der Waals surface area contributed by atoms with E-state index in [1.807, 2.05) is 0 Å². The van der Waals surface area contributed by atoms with Crippen molar-refractivity contribution in [2.24, 2.45) is 5.73 Å². The lowest BCUT2D eigenvalue weighted by atomic mass is 10.0. The molecule has 0 aliphatic rings. The number of aromatic nitrogens is 3. The molecule has 0 bridgehead atoms. The Kier molecular flexibility index (Phi) is 3.27. The third kappa shape index (κ3) is 2.73. The number of nitrogens with two attached hydrogens (primary N) is 1. The van der Waals surface area contributed by atoms with Crippen molar-refractivity contribution in [3.63, 3.8) is 0 Å². The van der Waals surface area contributed by atoms with Gasteiger partial charge in [0.05, 0.1) is 0 Å². The number of nitrogens with zero attached hydrogens (tertiary/aromatic N) is 3. The minimum Gasteiger partial charge on any atom is -0.337 e. The first-order valence-electron chi connectivity index (χ1n) is 5.38. The number of halogens is 3. The largest absolute Gasteiger partial charge is 0.415 e. The number of hydrogen-bond acceptors (Lipinski definition) is 5. The highest BCUT2D eigenvalue weighted by atomic mass is 19.4. The van der Waals surface area contributed by atoms with Crippen LogP contribution in [-0.2, 0) is 12.0 Å². The van der Waals surface area contributed by atoms with E-state index in [1.54, 1.807) is 24.5 Å². The van der Waals surface area contributed by atoms with Crippen LogP contribution in [0.5, 0.6) is 0 Å². The molecule has 0 amide bonds. The minimum absolute atomic E-state index is 0.129. The Labute approximate surface area is 106 Å². The molecule has 1 unspecified atom stereocenters. The maximum atomic E-state index is 12.7. The third-order valence-corrected chi connectivity index (χ3v) is 2.59. The molecule has 2 rings (SSSR count). The predicted molar refractivity (Wildman–Crippen MR) is 58.9 cm³/mol. The third-order valence-electron chi connectivity index (χ3n) is 2.59. The van der Waals surface area contributed by atoms with Crippen molar-refractivity contribution in [3.05, 3.63) is 41.8 Å². The summed E-state index contributed by atoms with van der Waals surface area (Å²) in [5, 5.41) is 3.50. The van der Waals surface area contributed by atoms with Gasteiger partial charge in [0, 0.05) is 18.8 Å². The maximum absolute atomic E-state index is 12.7. The van der Waals surface area contributed by atoms with Crippen LogP contribution in [0.1, 0.15) is 24.2 Å². The molecule has 19 heavy (non-hydrogen) atoms. The van der Waals surface area contributed by atoms with Gasteiger partial charge >= 0.3 is 6.18 Å². The van der Waals surface area contributed by atoms with Crippen molar-refractivity contribution < 1.29 is 17.7 Å². The lowest BCUT2D eigenvalue weighted by molar-refractivity contribution is -0.190. The molecule has 0 aliphatic carbocycles. The summed E-state index contributed by atoms with van der Waals surface area (Å²) in [6.45, 7) is 0.786. The summed E-state index contributed by atoms with van der Waals surface area (Å²) in [5.74, 6) is -0.525. The average molecular weight is 272 g/mol. The summed E-state index contributed by atoms with van der Waals surface area (Å²) in [4.78, 5) is 7.58. The highest BCUT2D eigenvalue weighted by molar-refractivity contribution is 5.14. The van der Waals surface area contributed by atoms with Gasteiger partial charge in [-0.1, -0.05) is 11.2 Å². The lowest BCUT2D eigenvalue weighted by Crippen LogP contribution is -2.48. The van der Waals surface area contributed by atoms with Crippen LogP contribution in [-0.4, -0.2) is 21.3 Å². The van der Waals surface area contributed by atoms with Crippen molar-refractivity contribution in [3.8, 4) is 0 Å². The smallest absolute Gasteiger partial charge is 0.337 e. The molecular weight excluding hydrogens is 261 g/mol. The zero-order valence-corrected chi connectivity index (χ0v) is 9.98. The number of pyridine rings is 1. The van der Waals surface area contributed by atoms with E-state index in [4.69, 9.17) is 5.73 Å². The predicted octanol–water partition coefficient (Wildman–Crippen LogP) is 1.79. The van der Waals surface area contributed by atoms with Crippen molar-refractivity contribution in [2.75, 3.05) is 0 Å². The first-order valence-corrected chi connectivity index (χ1v) is 5.38. The van der Waals surface area contributed by atoms with E-state index >= 15 is 0 Å². The average Bonchev–Trinajstić information content (AvgIpc) is 2.78. The van der Waals surface area contributed by atoms with E-state index in [9.17, 15) is 13.2 Å². The lowest BCUT2D eigenvalue weighted by Gasteiger charge is -2.22. The van der Waals surface area contributed by atoms with Crippen molar-refractivity contribution in [1.82, 2.24) is 15.1 Å². The van der Waals surface area contributed by atoms with Crippen LogP contribution in [0.3, 0.4) is 0 Å². The SMILES string of the molecule is CC(N)(c1nc(Cc2cccnc2)no1)C(F)(F)F. The van der Waals surface area contributed by atoms with Gasteiger partial charge in [-0.15, -0.1) is 0 Å². The van der Waals surface area contributed by atoms with Gasteiger partial charge in [0.15, 0.2) is 11.4 Å². The van der Waals surface area contributed by atoms with Crippen LogP contribution < -0.4 is 5.73 Å². The molecule has 0 saturated carbocycles. The van der Waals surface area contributed by atoms with Crippen molar-refractivity contribution in [2.45, 2.75) is 25.1 Å². The quantitative estimate of drug-likeness (QED) is 0.921. The van der Waals surface area contributed by atoms with Gasteiger partial charge in [-0.3, -0.25) is 4.98 Å². The van der Waals surface area contributed by atoms with Gasteiger partial charge in [-0.25, -0.2) is 0 Å². The second kappa shape index (κ2) is 4.61. The highest BCUT2D eigenvalue weighted by Gasteiger charge is 2.53. The number of hydrogen-bond donors (Lipinski definition) is 1. The van der Waals surface area contributed by atoms with Crippen LogP contribution >= 0.6 is 0 Å². The summed E-state index contributed by atoms with van der Waals surface area (Å²) in [6.07, 6.45) is -1.27. The van der Waals surface area contributed by atoms with Crippen molar-refractivity contribution in [1.29, 1.82) is 0 Å². The molecule has 0 fully saturated rings. The molecule has 2 aromatic rings. The molecule has 2 aromatic heterocycles. The molecule has 1 atom stereocenters.